The minimum absolute atomic E-state index is 0.656. The molecule has 15 heavy (non-hydrogen) atoms. The Morgan fingerprint density at radius 3 is 3.07 bits per heavy atom. The van der Waals surface area contributed by atoms with E-state index >= 15 is 0 Å². The van der Waals surface area contributed by atoms with Crippen LogP contribution in [0.2, 0.25) is 0 Å². The largest absolute Gasteiger partial charge is 0.487 e. The number of hydrogen-bond acceptors (Lipinski definition) is 3. The van der Waals surface area contributed by atoms with E-state index in [-0.39, 0.29) is 0 Å². The zero-order valence-corrected chi connectivity index (χ0v) is 9.85. The zero-order chi connectivity index (χ0) is 10.5. The molecule has 0 amide bonds. The predicted octanol–water partition coefficient (Wildman–Crippen LogP) is 2.96. The molecule has 0 aromatic carbocycles. The Balaban J connectivity index is 1.79. The highest BCUT2D eigenvalue weighted by atomic mass is 32.1. The van der Waals surface area contributed by atoms with Crippen LogP contribution in [0.5, 0.6) is 5.06 Å². The molecule has 0 fully saturated rings. The van der Waals surface area contributed by atoms with Gasteiger partial charge in [0.1, 0.15) is 0 Å². The molecule has 1 atom stereocenters. The molecule has 1 aromatic heterocycles. The summed E-state index contributed by atoms with van der Waals surface area (Å²) in [5.74, 6) is 0. The van der Waals surface area contributed by atoms with Crippen LogP contribution >= 0.6 is 11.3 Å². The average molecular weight is 223 g/mol. The van der Waals surface area contributed by atoms with Gasteiger partial charge in [-0.25, -0.2) is 0 Å². The van der Waals surface area contributed by atoms with Crippen molar-refractivity contribution in [2.75, 3.05) is 7.11 Å². The van der Waals surface area contributed by atoms with Crippen molar-refractivity contribution in [3.05, 3.63) is 29.2 Å². The maximum atomic E-state index is 5.17. The van der Waals surface area contributed by atoms with E-state index in [1.165, 1.54) is 24.1 Å². The van der Waals surface area contributed by atoms with Crippen molar-refractivity contribution in [1.29, 1.82) is 0 Å². The van der Waals surface area contributed by atoms with E-state index in [0.717, 1.165) is 11.6 Å². The molecular formula is C12H17NOS. The molecule has 1 heterocycles. The van der Waals surface area contributed by atoms with Gasteiger partial charge in [-0.3, -0.25) is 0 Å². The van der Waals surface area contributed by atoms with Gasteiger partial charge in [-0.1, -0.05) is 12.2 Å². The van der Waals surface area contributed by atoms with Gasteiger partial charge in [-0.2, -0.15) is 0 Å². The second-order valence-corrected chi connectivity index (χ2v) is 4.92. The first kappa shape index (κ1) is 10.7. The Morgan fingerprint density at radius 2 is 2.40 bits per heavy atom. The lowest BCUT2D eigenvalue weighted by Crippen LogP contribution is -2.28. The van der Waals surface area contributed by atoms with Gasteiger partial charge in [-0.05, 0) is 31.4 Å². The summed E-state index contributed by atoms with van der Waals surface area (Å²) in [6, 6.07) is 4.82. The van der Waals surface area contributed by atoms with E-state index in [2.05, 4.69) is 23.5 Å². The highest BCUT2D eigenvalue weighted by Crippen LogP contribution is 2.24. The van der Waals surface area contributed by atoms with Gasteiger partial charge in [0.15, 0.2) is 5.06 Å². The van der Waals surface area contributed by atoms with Crippen LogP contribution in [0.15, 0.2) is 24.3 Å². The maximum absolute atomic E-state index is 5.17. The first-order valence-electron chi connectivity index (χ1n) is 5.39. The van der Waals surface area contributed by atoms with Crippen LogP contribution in [0.3, 0.4) is 0 Å². The molecule has 2 nitrogen and oxygen atoms in total. The molecule has 1 N–H and O–H groups in total. The lowest BCUT2D eigenvalue weighted by molar-refractivity contribution is 0.427. The third-order valence-corrected chi connectivity index (χ3v) is 3.72. The summed E-state index contributed by atoms with van der Waals surface area (Å²) in [5.41, 5.74) is 0. The second kappa shape index (κ2) is 5.33. The Bertz CT molecular complexity index is 332. The Hall–Kier alpha value is -0.800. The van der Waals surface area contributed by atoms with Gasteiger partial charge in [0.2, 0.25) is 0 Å². The van der Waals surface area contributed by atoms with Crippen LogP contribution in [-0.2, 0) is 6.54 Å². The first-order valence-corrected chi connectivity index (χ1v) is 6.21. The minimum Gasteiger partial charge on any atom is -0.487 e. The normalized spacial score (nSPS) is 20.5. The number of ether oxygens (including phenoxy) is 1. The van der Waals surface area contributed by atoms with E-state index in [4.69, 9.17) is 4.74 Å². The molecule has 0 radical (unpaired) electrons. The summed E-state index contributed by atoms with van der Waals surface area (Å²) in [6.45, 7) is 0.965. The van der Waals surface area contributed by atoms with Crippen LogP contribution in [0.4, 0.5) is 0 Å². The topological polar surface area (TPSA) is 21.3 Å². The number of hydrogen-bond donors (Lipinski definition) is 1. The number of thiophene rings is 1. The molecule has 0 saturated carbocycles. The molecule has 0 saturated heterocycles. The molecular weight excluding hydrogens is 206 g/mol. The first-order chi connectivity index (χ1) is 7.38. The van der Waals surface area contributed by atoms with Crippen molar-refractivity contribution in [2.45, 2.75) is 31.8 Å². The fourth-order valence-corrected chi connectivity index (χ4v) is 2.56. The monoisotopic (exact) mass is 223 g/mol. The van der Waals surface area contributed by atoms with Crippen molar-refractivity contribution in [1.82, 2.24) is 5.32 Å². The molecule has 0 aliphatic heterocycles. The fraction of sp³-hybridized carbons (Fsp3) is 0.500. The molecule has 1 aliphatic rings. The van der Waals surface area contributed by atoms with E-state index in [1.54, 1.807) is 18.4 Å². The molecule has 82 valence electrons. The van der Waals surface area contributed by atoms with Crippen molar-refractivity contribution in [3.63, 3.8) is 0 Å². The van der Waals surface area contributed by atoms with Crippen molar-refractivity contribution < 1.29 is 4.74 Å². The van der Waals surface area contributed by atoms with Gasteiger partial charge in [0, 0.05) is 17.5 Å². The fourth-order valence-electron chi connectivity index (χ4n) is 1.79. The van der Waals surface area contributed by atoms with Crippen molar-refractivity contribution >= 4 is 11.3 Å². The number of nitrogens with one attached hydrogen (secondary N) is 1. The van der Waals surface area contributed by atoms with Crippen LogP contribution in [0, 0.1) is 0 Å². The second-order valence-electron chi connectivity index (χ2n) is 3.79. The van der Waals surface area contributed by atoms with E-state index < -0.39 is 0 Å². The maximum Gasteiger partial charge on any atom is 0.173 e. The van der Waals surface area contributed by atoms with Crippen LogP contribution in [0.1, 0.15) is 24.1 Å². The molecule has 1 aromatic rings. The standard InChI is InChI=1S/C12H17NOS/c1-14-12-8-7-11(15-12)9-13-10-5-3-2-4-6-10/h2-3,7-8,10,13H,4-6,9H2,1H3. The summed E-state index contributed by atoms with van der Waals surface area (Å²) in [4.78, 5) is 1.35. The minimum atomic E-state index is 0.656. The van der Waals surface area contributed by atoms with Crippen LogP contribution < -0.4 is 10.1 Å². The van der Waals surface area contributed by atoms with Gasteiger partial charge >= 0.3 is 0 Å². The molecule has 2 rings (SSSR count). The third kappa shape index (κ3) is 3.08. The number of allylic oxidation sites excluding steroid dienone is 1. The van der Waals surface area contributed by atoms with E-state index in [9.17, 15) is 0 Å². The zero-order valence-electron chi connectivity index (χ0n) is 9.03. The SMILES string of the molecule is COc1ccc(CNC2CC=CCC2)s1. The number of methoxy groups -OCH3 is 1. The van der Waals surface area contributed by atoms with Gasteiger partial charge in [0.05, 0.1) is 7.11 Å². The Labute approximate surface area is 95.0 Å². The quantitative estimate of drug-likeness (QED) is 0.792. The summed E-state index contributed by atoms with van der Waals surface area (Å²) < 4.78 is 5.17. The van der Waals surface area contributed by atoms with Crippen LogP contribution in [-0.4, -0.2) is 13.2 Å². The molecule has 3 heteroatoms. The highest BCUT2D eigenvalue weighted by Gasteiger charge is 2.09. The molecule has 1 unspecified atom stereocenters. The number of rotatable bonds is 4. The predicted molar refractivity (Wildman–Crippen MR) is 64.5 cm³/mol. The summed E-state index contributed by atoms with van der Waals surface area (Å²) >= 11 is 1.72. The molecule has 0 bridgehead atoms. The summed E-state index contributed by atoms with van der Waals surface area (Å²) in [5, 5.41) is 4.57. The van der Waals surface area contributed by atoms with Gasteiger partial charge in [0.25, 0.3) is 0 Å². The van der Waals surface area contributed by atoms with Crippen molar-refractivity contribution in [2.24, 2.45) is 0 Å². The summed E-state index contributed by atoms with van der Waals surface area (Å²) in [6.07, 6.45) is 8.19. The molecule has 1 aliphatic carbocycles. The average Bonchev–Trinajstić information content (AvgIpc) is 2.76. The van der Waals surface area contributed by atoms with Crippen LogP contribution in [0.25, 0.3) is 0 Å². The smallest absolute Gasteiger partial charge is 0.173 e. The van der Waals surface area contributed by atoms with E-state index in [0.29, 0.717) is 6.04 Å². The lowest BCUT2D eigenvalue weighted by atomic mass is 10.0. The Kier molecular flexibility index (Phi) is 3.80. The summed E-state index contributed by atoms with van der Waals surface area (Å²) in [7, 11) is 1.72. The third-order valence-electron chi connectivity index (χ3n) is 2.67. The Morgan fingerprint density at radius 1 is 1.47 bits per heavy atom. The van der Waals surface area contributed by atoms with Gasteiger partial charge in [-0.15, -0.1) is 11.3 Å². The van der Waals surface area contributed by atoms with E-state index in [1.807, 2.05) is 6.07 Å². The van der Waals surface area contributed by atoms with Crippen molar-refractivity contribution in [3.8, 4) is 5.06 Å². The lowest BCUT2D eigenvalue weighted by Gasteiger charge is -2.18. The van der Waals surface area contributed by atoms with Gasteiger partial charge < -0.3 is 10.1 Å². The highest BCUT2D eigenvalue weighted by molar-refractivity contribution is 7.13. The molecule has 0 spiro atoms.